The van der Waals surface area contributed by atoms with E-state index in [-0.39, 0.29) is 11.6 Å². The molecule has 104 valence electrons. The Morgan fingerprint density at radius 1 is 1.39 bits per heavy atom. The van der Waals surface area contributed by atoms with Crippen LogP contribution in [0, 0.1) is 5.92 Å². The van der Waals surface area contributed by atoms with E-state index in [1.54, 1.807) is 0 Å². The van der Waals surface area contributed by atoms with Crippen LogP contribution in [0.2, 0.25) is 0 Å². The van der Waals surface area contributed by atoms with Gasteiger partial charge >= 0.3 is 0 Å². The summed E-state index contributed by atoms with van der Waals surface area (Å²) in [4.78, 5) is 4.40. The van der Waals surface area contributed by atoms with E-state index in [0.29, 0.717) is 30.7 Å². The van der Waals surface area contributed by atoms with Gasteiger partial charge in [0.1, 0.15) is 6.10 Å². The highest BCUT2D eigenvalue weighted by molar-refractivity contribution is 4.94. The molecular weight excluding hydrogens is 230 g/mol. The molecule has 1 heterocycles. The molecule has 1 aromatic rings. The van der Waals surface area contributed by atoms with Crippen LogP contribution in [0.1, 0.15) is 58.9 Å². The van der Waals surface area contributed by atoms with Crippen molar-refractivity contribution in [1.82, 2.24) is 10.1 Å². The fraction of sp³-hybridized carbons (Fsp3) is 0.846. The first kappa shape index (κ1) is 15.1. The molecule has 0 saturated heterocycles. The lowest BCUT2D eigenvalue weighted by Crippen LogP contribution is -2.32. The van der Waals surface area contributed by atoms with Crippen molar-refractivity contribution in [2.75, 3.05) is 6.61 Å². The number of aryl methyl sites for hydroxylation is 1. The Morgan fingerprint density at radius 2 is 2.06 bits per heavy atom. The Balaban J connectivity index is 2.66. The molecule has 5 heteroatoms. The summed E-state index contributed by atoms with van der Waals surface area (Å²) in [6.07, 6.45) is 1.42. The van der Waals surface area contributed by atoms with Crippen molar-refractivity contribution in [1.29, 1.82) is 0 Å². The summed E-state index contributed by atoms with van der Waals surface area (Å²) in [5, 5.41) is 4.01. The Kier molecular flexibility index (Phi) is 5.28. The Labute approximate surface area is 109 Å². The highest BCUT2D eigenvalue weighted by Gasteiger charge is 2.22. The van der Waals surface area contributed by atoms with Gasteiger partial charge in [-0.25, -0.2) is 0 Å². The van der Waals surface area contributed by atoms with Crippen LogP contribution in [0.3, 0.4) is 0 Å². The van der Waals surface area contributed by atoms with Crippen molar-refractivity contribution < 1.29 is 9.26 Å². The minimum Gasteiger partial charge on any atom is -0.370 e. The minimum atomic E-state index is -0.216. The largest absolute Gasteiger partial charge is 0.370 e. The zero-order valence-electron chi connectivity index (χ0n) is 12.1. The van der Waals surface area contributed by atoms with Gasteiger partial charge in [0.15, 0.2) is 0 Å². The highest BCUT2D eigenvalue weighted by Crippen LogP contribution is 2.23. The van der Waals surface area contributed by atoms with Gasteiger partial charge in [0.05, 0.1) is 0 Å². The molecule has 0 amide bonds. The van der Waals surface area contributed by atoms with Crippen molar-refractivity contribution >= 4 is 0 Å². The van der Waals surface area contributed by atoms with E-state index in [4.69, 9.17) is 15.0 Å². The van der Waals surface area contributed by atoms with Gasteiger partial charge in [0.2, 0.25) is 11.7 Å². The highest BCUT2D eigenvalue weighted by atomic mass is 16.5. The van der Waals surface area contributed by atoms with Crippen LogP contribution >= 0.6 is 0 Å². The first-order chi connectivity index (χ1) is 8.33. The maximum atomic E-state index is 5.93. The lowest BCUT2D eigenvalue weighted by Gasteiger charge is -2.17. The first-order valence-corrected chi connectivity index (χ1v) is 6.56. The smallest absolute Gasteiger partial charge is 0.226 e. The standard InChI is InChI=1S/C13H25N3O2/c1-6-17-11(9(2)3)12-15-10(18-16-12)7-8-13(4,5)14/h9,11H,6-8,14H2,1-5H3. The molecule has 1 rings (SSSR count). The lowest BCUT2D eigenvalue weighted by molar-refractivity contribution is 0.0217. The summed E-state index contributed by atoms with van der Waals surface area (Å²) in [6.45, 7) is 10.7. The second-order valence-corrected chi connectivity index (χ2v) is 5.65. The predicted molar refractivity (Wildman–Crippen MR) is 70.1 cm³/mol. The fourth-order valence-corrected chi connectivity index (χ4v) is 1.66. The molecule has 0 aromatic carbocycles. The zero-order valence-corrected chi connectivity index (χ0v) is 12.1. The molecule has 0 fully saturated rings. The van der Waals surface area contributed by atoms with E-state index in [1.807, 2.05) is 20.8 Å². The van der Waals surface area contributed by atoms with Crippen molar-refractivity contribution in [3.8, 4) is 0 Å². The van der Waals surface area contributed by atoms with Crippen molar-refractivity contribution in [2.24, 2.45) is 11.7 Å². The number of rotatable bonds is 7. The third-order valence-corrected chi connectivity index (χ3v) is 2.67. The molecule has 0 aliphatic carbocycles. The van der Waals surface area contributed by atoms with E-state index in [2.05, 4.69) is 24.0 Å². The number of nitrogens with two attached hydrogens (primary N) is 1. The molecular formula is C13H25N3O2. The molecule has 2 N–H and O–H groups in total. The van der Waals surface area contributed by atoms with Gasteiger partial charge in [-0.15, -0.1) is 0 Å². The minimum absolute atomic E-state index is 0.0987. The third kappa shape index (κ3) is 4.74. The third-order valence-electron chi connectivity index (χ3n) is 2.67. The molecule has 0 saturated carbocycles. The summed E-state index contributed by atoms with van der Waals surface area (Å²) >= 11 is 0. The maximum Gasteiger partial charge on any atom is 0.226 e. The van der Waals surface area contributed by atoms with Gasteiger partial charge in [0, 0.05) is 18.6 Å². The van der Waals surface area contributed by atoms with Crippen LogP contribution in [0.15, 0.2) is 4.52 Å². The second-order valence-electron chi connectivity index (χ2n) is 5.65. The van der Waals surface area contributed by atoms with Crippen LogP contribution in [-0.4, -0.2) is 22.3 Å². The van der Waals surface area contributed by atoms with E-state index in [9.17, 15) is 0 Å². The van der Waals surface area contributed by atoms with E-state index < -0.39 is 0 Å². The molecule has 18 heavy (non-hydrogen) atoms. The fourth-order valence-electron chi connectivity index (χ4n) is 1.66. The molecule has 0 radical (unpaired) electrons. The Hall–Kier alpha value is -0.940. The number of nitrogens with zero attached hydrogens (tertiary/aromatic N) is 2. The molecule has 1 unspecified atom stereocenters. The maximum absolute atomic E-state index is 5.93. The van der Waals surface area contributed by atoms with E-state index in [1.165, 1.54) is 0 Å². The molecule has 0 aliphatic rings. The van der Waals surface area contributed by atoms with Gasteiger partial charge in [-0.05, 0) is 33.1 Å². The van der Waals surface area contributed by atoms with Crippen LogP contribution in [0.4, 0.5) is 0 Å². The summed E-state index contributed by atoms with van der Waals surface area (Å²) in [5.41, 5.74) is 5.72. The number of ether oxygens (including phenoxy) is 1. The van der Waals surface area contributed by atoms with Gasteiger partial charge in [-0.3, -0.25) is 0 Å². The number of aromatic nitrogens is 2. The molecule has 5 nitrogen and oxygen atoms in total. The molecule has 0 spiro atoms. The topological polar surface area (TPSA) is 74.2 Å². The summed E-state index contributed by atoms with van der Waals surface area (Å²) in [7, 11) is 0. The van der Waals surface area contributed by atoms with Crippen molar-refractivity contribution in [2.45, 2.75) is 59.1 Å². The van der Waals surface area contributed by atoms with Gasteiger partial charge in [0.25, 0.3) is 0 Å². The van der Waals surface area contributed by atoms with Crippen LogP contribution in [0.5, 0.6) is 0 Å². The molecule has 1 atom stereocenters. The van der Waals surface area contributed by atoms with Gasteiger partial charge in [-0.1, -0.05) is 19.0 Å². The molecule has 0 aliphatic heterocycles. The zero-order chi connectivity index (χ0) is 13.8. The van der Waals surface area contributed by atoms with Crippen LogP contribution in [0.25, 0.3) is 0 Å². The monoisotopic (exact) mass is 255 g/mol. The average Bonchev–Trinajstić information content (AvgIpc) is 2.70. The number of hydrogen-bond acceptors (Lipinski definition) is 5. The first-order valence-electron chi connectivity index (χ1n) is 6.56. The summed E-state index contributed by atoms with van der Waals surface area (Å²) < 4.78 is 10.9. The SMILES string of the molecule is CCOC(c1noc(CCC(C)(C)N)n1)C(C)C. The van der Waals surface area contributed by atoms with Gasteiger partial charge in [-0.2, -0.15) is 4.98 Å². The molecule has 1 aromatic heterocycles. The second kappa shape index (κ2) is 6.29. The Morgan fingerprint density at radius 3 is 2.56 bits per heavy atom. The van der Waals surface area contributed by atoms with E-state index >= 15 is 0 Å². The average molecular weight is 255 g/mol. The van der Waals surface area contributed by atoms with Crippen LogP contribution < -0.4 is 5.73 Å². The summed E-state index contributed by atoms with van der Waals surface area (Å²) in [5.74, 6) is 1.59. The quantitative estimate of drug-likeness (QED) is 0.810. The van der Waals surface area contributed by atoms with Crippen molar-refractivity contribution in [3.05, 3.63) is 11.7 Å². The number of hydrogen-bond donors (Lipinski definition) is 1. The molecule has 0 bridgehead atoms. The van der Waals surface area contributed by atoms with Crippen molar-refractivity contribution in [3.63, 3.8) is 0 Å². The lowest BCUT2D eigenvalue weighted by atomic mass is 10.0. The normalized spacial score (nSPS) is 14.2. The summed E-state index contributed by atoms with van der Waals surface area (Å²) in [6, 6.07) is 0. The Bertz CT molecular complexity index is 355. The predicted octanol–water partition coefficient (Wildman–Crippen LogP) is 2.47. The van der Waals surface area contributed by atoms with Gasteiger partial charge < -0.3 is 15.0 Å². The van der Waals surface area contributed by atoms with E-state index in [0.717, 1.165) is 6.42 Å². The van der Waals surface area contributed by atoms with Crippen LogP contribution in [-0.2, 0) is 11.2 Å².